The summed E-state index contributed by atoms with van der Waals surface area (Å²) in [7, 11) is 0. The molecule has 0 spiro atoms. The van der Waals surface area contributed by atoms with E-state index in [2.05, 4.69) is 83.1 Å². The molecule has 78 heavy (non-hydrogen) atoms. The normalized spacial score (nSPS) is 10.2. The third kappa shape index (κ3) is 85.0. The van der Waals surface area contributed by atoms with Crippen molar-refractivity contribution in [2.45, 2.75) is 404 Å². The summed E-state index contributed by atoms with van der Waals surface area (Å²) in [5, 5.41) is 0. The van der Waals surface area contributed by atoms with Crippen LogP contribution in [0.3, 0.4) is 0 Å². The van der Waals surface area contributed by atoms with Crippen molar-refractivity contribution >= 4 is 6.03 Å². The number of carbonyl (C=O) groups excluding carboxylic acids is 1. The summed E-state index contributed by atoms with van der Waals surface area (Å²) in [6.45, 7) is 28.3. The van der Waals surface area contributed by atoms with Crippen LogP contribution in [0.25, 0.3) is 0 Å². The molecule has 0 atom stereocenters. The lowest BCUT2D eigenvalue weighted by Crippen LogP contribution is -2.34. The topological polar surface area (TPSA) is 46.3 Å². The molecular weight excluding hydrogens is 945 g/mol. The summed E-state index contributed by atoms with van der Waals surface area (Å²) in [6.07, 6.45) is 68.8. The van der Waals surface area contributed by atoms with Crippen LogP contribution >= 0.6 is 0 Å². The number of nitrogens with zero attached hydrogens (tertiary/aromatic N) is 1. The minimum absolute atomic E-state index is 0.400. The zero-order valence-electron chi connectivity index (χ0n) is 56.1. The first kappa shape index (κ1) is 84.5. The van der Waals surface area contributed by atoms with Gasteiger partial charge in [-0.3, -0.25) is 0 Å². The molecule has 2 aromatic carbocycles. The maximum atomic E-state index is 11.5. The fourth-order valence-corrected chi connectivity index (χ4v) is 9.06. The van der Waals surface area contributed by atoms with Crippen molar-refractivity contribution < 1.29 is 4.79 Å². The van der Waals surface area contributed by atoms with Crippen LogP contribution in [0, 0.1) is 0 Å². The van der Waals surface area contributed by atoms with E-state index in [-0.39, 0.29) is 0 Å². The number of hydrogen-bond donors (Lipinski definition) is 1. The highest BCUT2D eigenvalue weighted by Gasteiger charge is 2.10. The van der Waals surface area contributed by atoms with Crippen LogP contribution < -0.4 is 5.73 Å². The van der Waals surface area contributed by atoms with E-state index < -0.39 is 6.03 Å². The van der Waals surface area contributed by atoms with Gasteiger partial charge in [-0.25, -0.2) is 4.79 Å². The second-order valence-electron chi connectivity index (χ2n) is 22.9. The predicted octanol–water partition coefficient (Wildman–Crippen LogP) is 27.6. The highest BCUT2D eigenvalue weighted by atomic mass is 16.2. The molecule has 0 radical (unpaired) electrons. The van der Waals surface area contributed by atoms with Crippen LogP contribution in [-0.4, -0.2) is 10.9 Å². The molecule has 3 nitrogen and oxygen atoms in total. The fourth-order valence-electron chi connectivity index (χ4n) is 9.06. The Labute approximate surface area is 495 Å². The Morgan fingerprint density at radius 2 is 0.372 bits per heavy atom. The highest BCUT2D eigenvalue weighted by Crippen LogP contribution is 2.13. The summed E-state index contributed by atoms with van der Waals surface area (Å²) in [6, 6.07) is 19.3. The number of unbranched alkanes of at least 4 members (excludes halogenated alkanes) is 42. The standard InChI is InChI=1S/C15H16N2O.6C10H22/c16-15(18)17(11-13-7-3-1-4-8-13)12-14-9-5-2-6-10-14;6*1-3-5-7-9-10-8-6-4-2/h1-10H,11-12H2,(H2,16,18);6*3-10H2,1-2H3. The van der Waals surface area contributed by atoms with Crippen LogP contribution in [0.5, 0.6) is 0 Å². The van der Waals surface area contributed by atoms with E-state index >= 15 is 0 Å². The van der Waals surface area contributed by atoms with Crippen molar-refractivity contribution in [2.75, 3.05) is 0 Å². The van der Waals surface area contributed by atoms with E-state index in [0.717, 1.165) is 11.1 Å². The van der Waals surface area contributed by atoms with Gasteiger partial charge in [0.15, 0.2) is 0 Å². The summed E-state index contributed by atoms with van der Waals surface area (Å²) in [4.78, 5) is 13.1. The van der Waals surface area contributed by atoms with Crippen molar-refractivity contribution in [1.82, 2.24) is 4.90 Å². The van der Waals surface area contributed by atoms with Crippen molar-refractivity contribution in [2.24, 2.45) is 5.73 Å². The molecule has 0 heterocycles. The van der Waals surface area contributed by atoms with Gasteiger partial charge in [0.2, 0.25) is 0 Å². The second-order valence-corrected chi connectivity index (χ2v) is 22.9. The smallest absolute Gasteiger partial charge is 0.315 e. The van der Waals surface area contributed by atoms with Gasteiger partial charge in [-0.05, 0) is 11.1 Å². The number of benzene rings is 2. The minimum Gasteiger partial charge on any atom is -0.351 e. The van der Waals surface area contributed by atoms with E-state index in [1.54, 1.807) is 4.90 Å². The van der Waals surface area contributed by atoms with Crippen molar-refractivity contribution in [3.05, 3.63) is 71.8 Å². The molecule has 2 aromatic rings. The molecule has 3 heteroatoms. The minimum atomic E-state index is -0.400. The first-order valence-corrected chi connectivity index (χ1v) is 35.4. The Morgan fingerprint density at radius 3 is 0.487 bits per heavy atom. The molecule has 2 amide bonds. The third-order valence-electron chi connectivity index (χ3n) is 14.5. The van der Waals surface area contributed by atoms with E-state index in [9.17, 15) is 4.79 Å². The van der Waals surface area contributed by atoms with Crippen LogP contribution in [0.2, 0.25) is 0 Å². The number of hydrogen-bond acceptors (Lipinski definition) is 1. The average Bonchev–Trinajstić information content (AvgIpc) is 3.46. The van der Waals surface area contributed by atoms with Gasteiger partial charge in [0.1, 0.15) is 0 Å². The maximum Gasteiger partial charge on any atom is 0.315 e. The average molecular weight is 1090 g/mol. The van der Waals surface area contributed by atoms with E-state index in [4.69, 9.17) is 5.73 Å². The van der Waals surface area contributed by atoms with Gasteiger partial charge < -0.3 is 10.6 Å². The molecule has 0 fully saturated rings. The van der Waals surface area contributed by atoms with Crippen molar-refractivity contribution in [3.8, 4) is 0 Å². The zero-order valence-corrected chi connectivity index (χ0v) is 56.1. The quantitative estimate of drug-likeness (QED) is 0.0660. The molecule has 0 aromatic heterocycles. The van der Waals surface area contributed by atoms with Crippen LogP contribution in [0.1, 0.15) is 402 Å². The second kappa shape index (κ2) is 83.5. The molecule has 2 rings (SSSR count). The highest BCUT2D eigenvalue weighted by molar-refractivity contribution is 5.72. The summed E-state index contributed by atoms with van der Waals surface area (Å²) in [5.41, 5.74) is 7.57. The monoisotopic (exact) mass is 1090 g/mol. The first-order chi connectivity index (χ1) is 38.2. The van der Waals surface area contributed by atoms with Gasteiger partial charge in [-0.15, -0.1) is 0 Å². The molecule has 464 valence electrons. The Morgan fingerprint density at radius 1 is 0.244 bits per heavy atom. The molecule has 0 bridgehead atoms. The number of rotatable bonds is 46. The van der Waals surface area contributed by atoms with Gasteiger partial charge in [-0.1, -0.05) is 452 Å². The zero-order chi connectivity index (χ0) is 58.7. The molecule has 0 aliphatic heterocycles. The fraction of sp³-hybridized carbons (Fsp3) is 0.827. The summed E-state index contributed by atoms with van der Waals surface area (Å²) < 4.78 is 0. The maximum absolute atomic E-state index is 11.5. The van der Waals surface area contributed by atoms with E-state index in [0.29, 0.717) is 13.1 Å². The lowest BCUT2D eigenvalue weighted by molar-refractivity contribution is 0.202. The molecule has 0 aliphatic rings. The Bertz CT molecular complexity index is 1020. The number of urea groups is 1. The molecule has 0 unspecified atom stereocenters. The third-order valence-corrected chi connectivity index (χ3v) is 14.5. The predicted molar refractivity (Wildman–Crippen MR) is 361 cm³/mol. The Hall–Kier alpha value is -2.29. The molecular formula is C75H148N2O. The number of carbonyl (C=O) groups is 1. The Kier molecular flexibility index (Phi) is 90.5. The van der Waals surface area contributed by atoms with Crippen molar-refractivity contribution in [1.29, 1.82) is 0 Å². The number of primary amides is 1. The molecule has 2 N–H and O–H groups in total. The molecule has 0 saturated heterocycles. The number of nitrogens with two attached hydrogens (primary N) is 1. The van der Waals surface area contributed by atoms with E-state index in [1.165, 1.54) is 308 Å². The van der Waals surface area contributed by atoms with E-state index in [1.807, 2.05) is 60.7 Å². The lowest BCUT2D eigenvalue weighted by Gasteiger charge is -2.20. The SMILES string of the molecule is CCCCCCCCCC.CCCCCCCCCC.CCCCCCCCCC.CCCCCCCCCC.CCCCCCCCCC.CCCCCCCCCC.NC(=O)N(Cc1ccccc1)Cc1ccccc1. The molecule has 0 saturated carbocycles. The van der Waals surface area contributed by atoms with Gasteiger partial charge >= 0.3 is 6.03 Å². The first-order valence-electron chi connectivity index (χ1n) is 35.4. The Balaban J connectivity index is -0.000000270. The summed E-state index contributed by atoms with van der Waals surface area (Å²) in [5.74, 6) is 0. The van der Waals surface area contributed by atoms with Crippen LogP contribution in [0.15, 0.2) is 60.7 Å². The van der Waals surface area contributed by atoms with Gasteiger partial charge in [-0.2, -0.15) is 0 Å². The van der Waals surface area contributed by atoms with Gasteiger partial charge in [0.25, 0.3) is 0 Å². The van der Waals surface area contributed by atoms with Crippen LogP contribution in [-0.2, 0) is 13.1 Å². The largest absolute Gasteiger partial charge is 0.351 e. The van der Waals surface area contributed by atoms with Gasteiger partial charge in [0.05, 0.1) is 0 Å². The summed E-state index contributed by atoms with van der Waals surface area (Å²) >= 11 is 0. The molecule has 0 aliphatic carbocycles. The van der Waals surface area contributed by atoms with Gasteiger partial charge in [0, 0.05) is 13.1 Å². The number of amides is 2. The van der Waals surface area contributed by atoms with Crippen LogP contribution in [0.4, 0.5) is 4.79 Å². The lowest BCUT2D eigenvalue weighted by atomic mass is 10.1. The van der Waals surface area contributed by atoms with Crippen molar-refractivity contribution in [3.63, 3.8) is 0 Å².